The summed E-state index contributed by atoms with van der Waals surface area (Å²) < 4.78 is 21.0. The van der Waals surface area contributed by atoms with E-state index in [2.05, 4.69) is 5.32 Å². The first-order valence-electron chi connectivity index (χ1n) is 9.21. The molecule has 2 rings (SSSR count). The summed E-state index contributed by atoms with van der Waals surface area (Å²) in [6.07, 6.45) is 0. The Morgan fingerprint density at radius 2 is 1.76 bits per heavy atom. The minimum atomic E-state index is -0.618. The van der Waals surface area contributed by atoms with Crippen LogP contribution in [0.1, 0.15) is 29.7 Å². The lowest BCUT2D eigenvalue weighted by molar-refractivity contribution is -0.150. The number of hydrogen-bond acceptors (Lipinski definition) is 6. The van der Waals surface area contributed by atoms with Gasteiger partial charge in [-0.3, -0.25) is 4.79 Å². The number of hydrogen-bond donors (Lipinski definition) is 1. The predicted molar refractivity (Wildman–Crippen MR) is 108 cm³/mol. The van der Waals surface area contributed by atoms with Crippen molar-refractivity contribution in [2.75, 3.05) is 27.4 Å². The fourth-order valence-corrected chi connectivity index (χ4v) is 2.74. The van der Waals surface area contributed by atoms with E-state index in [-0.39, 0.29) is 12.6 Å². The van der Waals surface area contributed by atoms with Crippen LogP contribution in [0.5, 0.6) is 17.2 Å². The number of ether oxygens (including phenoxy) is 4. The highest BCUT2D eigenvalue weighted by atomic mass is 16.6. The van der Waals surface area contributed by atoms with Crippen molar-refractivity contribution in [1.82, 2.24) is 5.32 Å². The molecular formula is C22H27NO6. The summed E-state index contributed by atoms with van der Waals surface area (Å²) in [6, 6.07) is 10.6. The van der Waals surface area contributed by atoms with Crippen molar-refractivity contribution in [3.05, 3.63) is 53.1 Å². The van der Waals surface area contributed by atoms with E-state index in [0.29, 0.717) is 17.2 Å². The molecule has 0 heterocycles. The Balaban J connectivity index is 1.84. The molecule has 156 valence electrons. The van der Waals surface area contributed by atoms with Crippen LogP contribution in [-0.4, -0.2) is 39.3 Å². The van der Waals surface area contributed by atoms with E-state index >= 15 is 0 Å². The smallest absolute Gasteiger partial charge is 0.344 e. The topological polar surface area (TPSA) is 83.1 Å². The number of carbonyl (C=O) groups excluding carboxylic acids is 2. The molecular weight excluding hydrogens is 374 g/mol. The Bertz CT molecular complexity index is 864. The quantitative estimate of drug-likeness (QED) is 0.650. The highest BCUT2D eigenvalue weighted by molar-refractivity contribution is 5.81. The Morgan fingerprint density at radius 1 is 1.00 bits per heavy atom. The standard InChI is InChI=1S/C22H27NO6/c1-14-7-6-8-19(15(14)2)28-13-22(25)29-12-21(24)23-16(3)18-11-17(26-4)9-10-20(18)27-5/h6-11,16H,12-13H2,1-5H3,(H,23,24)/t16-/m1/s1. The van der Waals surface area contributed by atoms with Gasteiger partial charge in [0.05, 0.1) is 20.3 Å². The molecule has 1 amide bonds. The summed E-state index contributed by atoms with van der Waals surface area (Å²) in [5, 5.41) is 2.78. The maximum absolute atomic E-state index is 12.2. The number of carbonyl (C=O) groups is 2. The number of methoxy groups -OCH3 is 2. The summed E-state index contributed by atoms with van der Waals surface area (Å²) >= 11 is 0. The van der Waals surface area contributed by atoms with E-state index in [9.17, 15) is 9.59 Å². The molecule has 0 aliphatic rings. The molecule has 0 saturated heterocycles. The molecule has 0 aromatic heterocycles. The van der Waals surface area contributed by atoms with Crippen LogP contribution in [0.25, 0.3) is 0 Å². The molecule has 0 aliphatic carbocycles. The number of esters is 1. The van der Waals surface area contributed by atoms with Gasteiger partial charge in [-0.2, -0.15) is 0 Å². The lowest BCUT2D eigenvalue weighted by Crippen LogP contribution is -2.32. The Labute approximate surface area is 170 Å². The minimum absolute atomic E-state index is 0.267. The first kappa shape index (κ1) is 22.1. The first-order valence-corrected chi connectivity index (χ1v) is 9.21. The van der Waals surface area contributed by atoms with Crippen LogP contribution < -0.4 is 19.5 Å². The molecule has 0 aliphatic heterocycles. The van der Waals surface area contributed by atoms with Gasteiger partial charge in [-0.05, 0) is 56.2 Å². The van der Waals surface area contributed by atoms with E-state index in [0.717, 1.165) is 16.7 Å². The third-order valence-electron chi connectivity index (χ3n) is 4.55. The van der Waals surface area contributed by atoms with E-state index in [1.165, 1.54) is 0 Å². The maximum Gasteiger partial charge on any atom is 0.344 e. The molecule has 2 aromatic carbocycles. The van der Waals surface area contributed by atoms with Gasteiger partial charge >= 0.3 is 5.97 Å². The molecule has 2 aromatic rings. The fourth-order valence-electron chi connectivity index (χ4n) is 2.74. The summed E-state index contributed by atoms with van der Waals surface area (Å²) in [7, 11) is 3.12. The van der Waals surface area contributed by atoms with E-state index in [4.69, 9.17) is 18.9 Å². The summed E-state index contributed by atoms with van der Waals surface area (Å²) in [6.45, 7) is 5.02. The molecule has 0 bridgehead atoms. The second-order valence-corrected chi connectivity index (χ2v) is 6.54. The van der Waals surface area contributed by atoms with Crippen molar-refractivity contribution < 1.29 is 28.5 Å². The number of benzene rings is 2. The van der Waals surface area contributed by atoms with Crippen LogP contribution in [0.15, 0.2) is 36.4 Å². The van der Waals surface area contributed by atoms with Crippen LogP contribution >= 0.6 is 0 Å². The molecule has 0 saturated carbocycles. The third-order valence-corrected chi connectivity index (χ3v) is 4.55. The Kier molecular flexibility index (Phi) is 7.88. The Morgan fingerprint density at radius 3 is 2.45 bits per heavy atom. The van der Waals surface area contributed by atoms with Crippen LogP contribution in [0.3, 0.4) is 0 Å². The normalized spacial score (nSPS) is 11.3. The number of amides is 1. The SMILES string of the molecule is COc1ccc(OC)c([C@@H](C)NC(=O)COC(=O)COc2cccc(C)c2C)c1. The molecule has 1 N–H and O–H groups in total. The second kappa shape index (κ2) is 10.4. The van der Waals surface area contributed by atoms with E-state index in [1.54, 1.807) is 45.4 Å². The van der Waals surface area contributed by atoms with Gasteiger partial charge in [-0.15, -0.1) is 0 Å². The molecule has 29 heavy (non-hydrogen) atoms. The van der Waals surface area contributed by atoms with Crippen LogP contribution in [0.4, 0.5) is 0 Å². The van der Waals surface area contributed by atoms with E-state index < -0.39 is 18.5 Å². The summed E-state index contributed by atoms with van der Waals surface area (Å²) in [5.74, 6) is 0.842. The van der Waals surface area contributed by atoms with Gasteiger partial charge in [0.1, 0.15) is 17.2 Å². The fraction of sp³-hybridized carbons (Fsp3) is 0.364. The molecule has 0 unspecified atom stereocenters. The van der Waals surface area contributed by atoms with Crippen molar-refractivity contribution in [3.63, 3.8) is 0 Å². The average Bonchev–Trinajstić information content (AvgIpc) is 2.72. The monoisotopic (exact) mass is 401 g/mol. The van der Waals surface area contributed by atoms with Crippen LogP contribution in [0, 0.1) is 13.8 Å². The molecule has 7 nitrogen and oxygen atoms in total. The van der Waals surface area contributed by atoms with Crippen molar-refractivity contribution in [3.8, 4) is 17.2 Å². The Hall–Kier alpha value is -3.22. The van der Waals surface area contributed by atoms with Crippen LogP contribution in [0.2, 0.25) is 0 Å². The van der Waals surface area contributed by atoms with Gasteiger partial charge in [-0.25, -0.2) is 4.79 Å². The number of rotatable bonds is 9. The zero-order valence-corrected chi connectivity index (χ0v) is 17.4. The summed E-state index contributed by atoms with van der Waals surface area (Å²) in [4.78, 5) is 24.1. The van der Waals surface area contributed by atoms with Gasteiger partial charge in [0.2, 0.25) is 0 Å². The maximum atomic E-state index is 12.2. The van der Waals surface area contributed by atoms with Gasteiger partial charge in [-0.1, -0.05) is 12.1 Å². The van der Waals surface area contributed by atoms with Crippen molar-refractivity contribution in [2.24, 2.45) is 0 Å². The van der Waals surface area contributed by atoms with Gasteiger partial charge in [0.15, 0.2) is 13.2 Å². The molecule has 0 radical (unpaired) electrons. The largest absolute Gasteiger partial charge is 0.497 e. The molecule has 7 heteroatoms. The number of aryl methyl sites for hydroxylation is 1. The molecule has 1 atom stereocenters. The lowest BCUT2D eigenvalue weighted by atomic mass is 10.1. The van der Waals surface area contributed by atoms with Gasteiger partial charge < -0.3 is 24.3 Å². The van der Waals surface area contributed by atoms with E-state index in [1.807, 2.05) is 26.0 Å². The molecule has 0 fully saturated rings. The van der Waals surface area contributed by atoms with Gasteiger partial charge in [0, 0.05) is 5.56 Å². The first-order chi connectivity index (χ1) is 13.8. The van der Waals surface area contributed by atoms with Crippen molar-refractivity contribution in [2.45, 2.75) is 26.8 Å². The zero-order chi connectivity index (χ0) is 21.4. The van der Waals surface area contributed by atoms with Crippen molar-refractivity contribution in [1.29, 1.82) is 0 Å². The predicted octanol–water partition coefficient (Wildman–Crippen LogP) is 3.12. The average molecular weight is 401 g/mol. The summed E-state index contributed by atoms with van der Waals surface area (Å²) in [5.41, 5.74) is 2.78. The third kappa shape index (κ3) is 6.14. The number of nitrogens with one attached hydrogen (secondary N) is 1. The highest BCUT2D eigenvalue weighted by Gasteiger charge is 2.16. The second-order valence-electron chi connectivity index (χ2n) is 6.54. The minimum Gasteiger partial charge on any atom is -0.497 e. The lowest BCUT2D eigenvalue weighted by Gasteiger charge is -2.18. The molecule has 0 spiro atoms. The highest BCUT2D eigenvalue weighted by Crippen LogP contribution is 2.29. The zero-order valence-electron chi connectivity index (χ0n) is 17.4. The van der Waals surface area contributed by atoms with Gasteiger partial charge in [0.25, 0.3) is 5.91 Å². The van der Waals surface area contributed by atoms with Crippen LogP contribution in [-0.2, 0) is 14.3 Å². The van der Waals surface area contributed by atoms with Crippen molar-refractivity contribution >= 4 is 11.9 Å².